The molecule has 1 heterocycles. The van der Waals surface area contributed by atoms with Gasteiger partial charge >= 0.3 is 6.18 Å². The molecular formula is C17H16F3N3O2S. The Kier molecular flexibility index (Phi) is 4.58. The van der Waals surface area contributed by atoms with Crippen molar-refractivity contribution in [1.29, 1.82) is 5.26 Å². The molecule has 138 valence electrons. The molecule has 0 saturated heterocycles. The van der Waals surface area contributed by atoms with E-state index in [2.05, 4.69) is 4.72 Å². The van der Waals surface area contributed by atoms with E-state index in [9.17, 15) is 21.6 Å². The maximum Gasteiger partial charge on any atom is 0.417 e. The molecule has 0 atom stereocenters. The lowest BCUT2D eigenvalue weighted by atomic mass is 9.94. The lowest BCUT2D eigenvalue weighted by molar-refractivity contribution is -0.139. The minimum Gasteiger partial charge on any atom is -0.335 e. The van der Waals surface area contributed by atoms with Gasteiger partial charge in [0.05, 0.1) is 10.5 Å². The van der Waals surface area contributed by atoms with Crippen LogP contribution in [0.2, 0.25) is 0 Å². The lowest BCUT2D eigenvalue weighted by Gasteiger charge is -2.27. The second kappa shape index (κ2) is 6.45. The van der Waals surface area contributed by atoms with E-state index in [1.807, 2.05) is 6.07 Å². The normalized spacial score (nSPS) is 15.5. The van der Waals surface area contributed by atoms with Crippen LogP contribution < -0.4 is 4.72 Å². The van der Waals surface area contributed by atoms with E-state index in [-0.39, 0.29) is 17.3 Å². The Hall–Kier alpha value is -2.31. The summed E-state index contributed by atoms with van der Waals surface area (Å²) in [7, 11) is -2.71. The largest absolute Gasteiger partial charge is 0.417 e. The highest BCUT2D eigenvalue weighted by Crippen LogP contribution is 2.37. The van der Waals surface area contributed by atoms with Crippen LogP contribution in [0.4, 0.5) is 13.2 Å². The molecule has 0 unspecified atom stereocenters. The number of rotatable bonds is 4. The van der Waals surface area contributed by atoms with Gasteiger partial charge in [-0.3, -0.25) is 0 Å². The fourth-order valence-corrected chi connectivity index (χ4v) is 4.38. The molecule has 1 aliphatic rings. The van der Waals surface area contributed by atoms with Crippen LogP contribution in [0.15, 0.2) is 35.2 Å². The van der Waals surface area contributed by atoms with Gasteiger partial charge in [-0.15, -0.1) is 0 Å². The third-order valence-corrected chi connectivity index (χ3v) is 6.11. The van der Waals surface area contributed by atoms with Gasteiger partial charge < -0.3 is 4.57 Å². The molecule has 1 aliphatic carbocycles. The van der Waals surface area contributed by atoms with Crippen molar-refractivity contribution < 1.29 is 21.6 Å². The SMILES string of the molecule is Cn1c(C#N)ccc1-c1ccc(S(=O)(=O)NC2CCC2)c(C(F)(F)F)c1. The van der Waals surface area contributed by atoms with Crippen molar-refractivity contribution in [2.75, 3.05) is 0 Å². The summed E-state index contributed by atoms with van der Waals surface area (Å²) in [4.78, 5) is -0.782. The van der Waals surface area contributed by atoms with Crippen LogP contribution in [-0.2, 0) is 23.2 Å². The maximum atomic E-state index is 13.5. The average Bonchev–Trinajstić information content (AvgIpc) is 2.90. The predicted molar refractivity (Wildman–Crippen MR) is 88.5 cm³/mol. The summed E-state index contributed by atoms with van der Waals surface area (Å²) < 4.78 is 69.2. The molecule has 1 aromatic heterocycles. The molecule has 0 bridgehead atoms. The Bertz CT molecular complexity index is 984. The Labute approximate surface area is 149 Å². The molecule has 0 aliphatic heterocycles. The summed E-state index contributed by atoms with van der Waals surface area (Å²) in [6, 6.07) is 7.74. The fraction of sp³-hybridized carbons (Fsp3) is 0.353. The molecule has 3 rings (SSSR count). The van der Waals surface area contributed by atoms with Crippen LogP contribution in [0.25, 0.3) is 11.3 Å². The van der Waals surface area contributed by atoms with Gasteiger partial charge in [0.1, 0.15) is 11.8 Å². The summed E-state index contributed by atoms with van der Waals surface area (Å²) >= 11 is 0. The van der Waals surface area contributed by atoms with Crippen LogP contribution in [0.5, 0.6) is 0 Å². The highest BCUT2D eigenvalue weighted by Gasteiger charge is 2.38. The molecule has 1 aromatic carbocycles. The molecule has 0 spiro atoms. The number of sulfonamides is 1. The first-order valence-corrected chi connectivity index (χ1v) is 9.41. The smallest absolute Gasteiger partial charge is 0.335 e. The van der Waals surface area contributed by atoms with Gasteiger partial charge in [-0.2, -0.15) is 18.4 Å². The minimum atomic E-state index is -4.83. The Morgan fingerprint density at radius 1 is 1.23 bits per heavy atom. The van der Waals surface area contributed by atoms with E-state index in [1.54, 1.807) is 7.05 Å². The second-order valence-electron chi connectivity index (χ2n) is 6.23. The van der Waals surface area contributed by atoms with Crippen molar-refractivity contribution in [1.82, 2.24) is 9.29 Å². The van der Waals surface area contributed by atoms with Crippen molar-refractivity contribution in [2.45, 2.75) is 36.4 Å². The Balaban J connectivity index is 2.09. The molecule has 1 N–H and O–H groups in total. The van der Waals surface area contributed by atoms with Crippen molar-refractivity contribution >= 4 is 10.0 Å². The van der Waals surface area contributed by atoms with E-state index in [0.717, 1.165) is 18.6 Å². The monoisotopic (exact) mass is 383 g/mol. The number of nitrogens with zero attached hydrogens (tertiary/aromatic N) is 2. The minimum absolute atomic E-state index is 0.184. The molecule has 9 heteroatoms. The zero-order valence-electron chi connectivity index (χ0n) is 13.8. The fourth-order valence-electron chi connectivity index (χ4n) is 2.87. The van der Waals surface area contributed by atoms with Crippen molar-refractivity contribution in [3.8, 4) is 17.3 Å². The summed E-state index contributed by atoms with van der Waals surface area (Å²) in [6.45, 7) is 0. The van der Waals surface area contributed by atoms with Gasteiger partial charge in [0.2, 0.25) is 10.0 Å². The first-order valence-electron chi connectivity index (χ1n) is 7.93. The van der Waals surface area contributed by atoms with Gasteiger partial charge in [0.15, 0.2) is 0 Å². The van der Waals surface area contributed by atoms with Crippen LogP contribution in [0, 0.1) is 11.3 Å². The van der Waals surface area contributed by atoms with Crippen molar-refractivity contribution in [3.05, 3.63) is 41.6 Å². The highest BCUT2D eigenvalue weighted by molar-refractivity contribution is 7.89. The summed E-state index contributed by atoms with van der Waals surface area (Å²) in [5.41, 5.74) is -0.356. The van der Waals surface area contributed by atoms with Crippen molar-refractivity contribution in [3.63, 3.8) is 0 Å². The van der Waals surface area contributed by atoms with Crippen LogP contribution in [0.3, 0.4) is 0 Å². The Morgan fingerprint density at radius 2 is 1.92 bits per heavy atom. The van der Waals surface area contributed by atoms with Crippen LogP contribution in [-0.4, -0.2) is 19.0 Å². The van der Waals surface area contributed by atoms with Gasteiger partial charge in [-0.05, 0) is 42.7 Å². The molecule has 0 amide bonds. The van der Waals surface area contributed by atoms with E-state index in [0.29, 0.717) is 18.5 Å². The van der Waals surface area contributed by atoms with Gasteiger partial charge in [-0.25, -0.2) is 13.1 Å². The molecule has 0 radical (unpaired) electrons. The number of hydrogen-bond acceptors (Lipinski definition) is 3. The molecule has 1 saturated carbocycles. The van der Waals surface area contributed by atoms with Crippen LogP contribution >= 0.6 is 0 Å². The maximum absolute atomic E-state index is 13.5. The summed E-state index contributed by atoms with van der Waals surface area (Å²) in [5, 5.41) is 8.99. The van der Waals surface area contributed by atoms with Gasteiger partial charge in [0.25, 0.3) is 0 Å². The first-order chi connectivity index (χ1) is 12.1. The van der Waals surface area contributed by atoms with Crippen molar-refractivity contribution in [2.24, 2.45) is 7.05 Å². The Morgan fingerprint density at radius 3 is 2.42 bits per heavy atom. The molecule has 1 fully saturated rings. The summed E-state index contributed by atoms with van der Waals surface area (Å²) in [6.07, 6.45) is -2.73. The van der Waals surface area contributed by atoms with E-state index in [4.69, 9.17) is 5.26 Å². The third kappa shape index (κ3) is 3.34. The van der Waals surface area contributed by atoms with Gasteiger partial charge in [-0.1, -0.05) is 12.5 Å². The number of alkyl halides is 3. The zero-order valence-corrected chi connectivity index (χ0v) is 14.7. The number of benzene rings is 1. The topological polar surface area (TPSA) is 74.9 Å². The third-order valence-electron chi connectivity index (χ3n) is 4.53. The number of hydrogen-bond donors (Lipinski definition) is 1. The predicted octanol–water partition coefficient (Wildman–Crippen LogP) is 3.41. The lowest BCUT2D eigenvalue weighted by Crippen LogP contribution is -2.40. The average molecular weight is 383 g/mol. The summed E-state index contributed by atoms with van der Waals surface area (Å²) in [5.74, 6) is 0. The highest BCUT2D eigenvalue weighted by atomic mass is 32.2. The quantitative estimate of drug-likeness (QED) is 0.879. The molecule has 5 nitrogen and oxygen atoms in total. The number of nitrogens with one attached hydrogen (secondary N) is 1. The number of halogens is 3. The van der Waals surface area contributed by atoms with E-state index < -0.39 is 26.7 Å². The molecular weight excluding hydrogens is 367 g/mol. The molecule has 26 heavy (non-hydrogen) atoms. The number of aromatic nitrogens is 1. The number of nitriles is 1. The zero-order chi connectivity index (χ0) is 19.1. The van der Waals surface area contributed by atoms with Gasteiger partial charge in [0, 0.05) is 18.8 Å². The molecule has 2 aromatic rings. The first kappa shape index (κ1) is 18.5. The second-order valence-corrected chi connectivity index (χ2v) is 7.91. The van der Waals surface area contributed by atoms with E-state index in [1.165, 1.54) is 22.8 Å². The van der Waals surface area contributed by atoms with Crippen LogP contribution in [0.1, 0.15) is 30.5 Å². The van der Waals surface area contributed by atoms with E-state index >= 15 is 0 Å². The standard InChI is InChI=1S/C17H16F3N3O2S/c1-23-13(10-21)6-7-15(23)11-5-8-16(14(9-11)17(18,19)20)26(24,25)22-12-3-2-4-12/h5-9,12,22H,2-4H2,1H3.